The van der Waals surface area contributed by atoms with E-state index in [1.807, 2.05) is 0 Å². The summed E-state index contributed by atoms with van der Waals surface area (Å²) in [5.74, 6) is -0.896. The van der Waals surface area contributed by atoms with Crippen LogP contribution in [-0.2, 0) is 24.2 Å². The molecule has 1 heterocycles. The fourth-order valence-corrected chi connectivity index (χ4v) is 3.46. The largest absolute Gasteiger partial charge is 0.442 e. The molecule has 1 aliphatic heterocycles. The normalized spacial score (nSPS) is 19.5. The van der Waals surface area contributed by atoms with E-state index in [9.17, 15) is 28.0 Å². The number of nitrogens with zero attached hydrogens (tertiary/aromatic N) is 3. The number of rotatable bonds is 5. The van der Waals surface area contributed by atoms with Gasteiger partial charge in [-0.2, -0.15) is 10.2 Å². The van der Waals surface area contributed by atoms with E-state index in [2.05, 4.69) is 5.10 Å². The summed E-state index contributed by atoms with van der Waals surface area (Å²) < 4.78 is 28.5. The van der Waals surface area contributed by atoms with Crippen molar-refractivity contribution in [3.63, 3.8) is 0 Å². The molecule has 0 saturated heterocycles. The van der Waals surface area contributed by atoms with Gasteiger partial charge < -0.3 is 4.74 Å². The van der Waals surface area contributed by atoms with Crippen LogP contribution in [-0.4, -0.2) is 70.6 Å². The van der Waals surface area contributed by atoms with Crippen molar-refractivity contribution in [3.8, 4) is 0 Å². The van der Waals surface area contributed by atoms with Crippen LogP contribution < -0.4 is 0 Å². The van der Waals surface area contributed by atoms with Gasteiger partial charge in [0.25, 0.3) is 5.91 Å². The third-order valence-electron chi connectivity index (χ3n) is 4.15. The summed E-state index contributed by atoms with van der Waals surface area (Å²) in [5.41, 5.74) is -2.87. The molecule has 0 radical (unpaired) electrons. The van der Waals surface area contributed by atoms with Crippen LogP contribution in [0.4, 0.5) is 4.79 Å². The van der Waals surface area contributed by atoms with E-state index < -0.39 is 44.8 Å². The maximum absolute atomic E-state index is 13.0. The molecule has 1 atom stereocenters. The summed E-state index contributed by atoms with van der Waals surface area (Å²) in [6.07, 6.45) is -0.174. The summed E-state index contributed by atoms with van der Waals surface area (Å²) >= 11 is 5.37. The first-order valence-corrected chi connectivity index (χ1v) is 11.0. The zero-order valence-electron chi connectivity index (χ0n) is 17.0. The number of benzene rings is 1. The Bertz CT molecular complexity index is 1020. The monoisotopic (exact) mass is 459 g/mol. The Kier molecular flexibility index (Phi) is 6.32. The van der Waals surface area contributed by atoms with Crippen molar-refractivity contribution in [2.24, 2.45) is 5.10 Å². The second-order valence-corrected chi connectivity index (χ2v) is 10.3. The van der Waals surface area contributed by atoms with Gasteiger partial charge in [0.15, 0.2) is 15.4 Å². The fourth-order valence-electron chi connectivity index (χ4n) is 2.72. The Morgan fingerprint density at radius 3 is 2.23 bits per heavy atom. The molecule has 1 aromatic carbocycles. The third-order valence-corrected chi connectivity index (χ3v) is 5.40. The van der Waals surface area contributed by atoms with E-state index in [1.165, 1.54) is 31.2 Å². The number of carbonyl (C=O) groups is 3. The first-order chi connectivity index (χ1) is 13.6. The van der Waals surface area contributed by atoms with Gasteiger partial charge in [-0.1, -0.05) is 12.1 Å². The van der Waals surface area contributed by atoms with Gasteiger partial charge in [-0.25, -0.2) is 18.2 Å². The van der Waals surface area contributed by atoms with E-state index in [4.69, 9.17) is 16.3 Å². The van der Waals surface area contributed by atoms with Gasteiger partial charge in [0, 0.05) is 11.8 Å². The molecule has 10 nitrogen and oxygen atoms in total. The van der Waals surface area contributed by atoms with Crippen molar-refractivity contribution in [1.82, 2.24) is 10.1 Å². The predicted octanol–water partition coefficient (Wildman–Crippen LogP) is 1.79. The smallest absolute Gasteiger partial charge is 0.435 e. The number of amides is 2. The van der Waals surface area contributed by atoms with Crippen LogP contribution in [0.15, 0.2) is 34.3 Å². The average molecular weight is 460 g/mol. The van der Waals surface area contributed by atoms with Crippen molar-refractivity contribution >= 4 is 44.4 Å². The van der Waals surface area contributed by atoms with Crippen molar-refractivity contribution in [1.29, 1.82) is 0 Å². The van der Waals surface area contributed by atoms with Crippen molar-refractivity contribution in [2.75, 3.05) is 12.8 Å². The molecule has 164 valence electrons. The van der Waals surface area contributed by atoms with Crippen molar-refractivity contribution < 1.29 is 32.7 Å². The Morgan fingerprint density at radius 1 is 1.27 bits per heavy atom. The Hall–Kier alpha value is -2.50. The molecule has 1 aromatic rings. The van der Waals surface area contributed by atoms with Crippen molar-refractivity contribution in [2.45, 2.75) is 43.7 Å². The van der Waals surface area contributed by atoms with E-state index >= 15 is 0 Å². The molecule has 12 heteroatoms. The third kappa shape index (κ3) is 4.79. The minimum Gasteiger partial charge on any atom is -0.442 e. The van der Waals surface area contributed by atoms with Crippen LogP contribution in [0.3, 0.4) is 0 Å². The molecule has 2 rings (SSSR count). The van der Waals surface area contributed by atoms with Crippen LogP contribution in [0.25, 0.3) is 0 Å². The minimum atomic E-state index is -3.47. The molecular formula is C18H22ClN3O7S. The van der Waals surface area contributed by atoms with Gasteiger partial charge in [0.1, 0.15) is 17.9 Å². The lowest BCUT2D eigenvalue weighted by Gasteiger charge is -2.33. The molecule has 0 aromatic heterocycles. The standard InChI is InChI=1S/C18H22ClN3O7S/c1-17(2,3)29-16(25)22(26)18(4)14(20-21(15(18)24)10-13(19)23)11-6-8-12(9-7-11)30(5,27)28/h6-9,26H,10H2,1-5H3. The number of sulfone groups is 1. The number of hydrazone groups is 1. The summed E-state index contributed by atoms with van der Waals surface area (Å²) in [6, 6.07) is 5.33. The van der Waals surface area contributed by atoms with Gasteiger partial charge in [0.2, 0.25) is 5.24 Å². The summed E-state index contributed by atoms with van der Waals surface area (Å²) in [4.78, 5) is 36.8. The molecule has 1 unspecified atom stereocenters. The van der Waals surface area contributed by atoms with Crippen LogP contribution in [0.2, 0.25) is 0 Å². The topological polar surface area (TPSA) is 134 Å². The molecule has 2 amide bonds. The zero-order valence-corrected chi connectivity index (χ0v) is 18.6. The van der Waals surface area contributed by atoms with Gasteiger partial charge in [-0.15, -0.1) is 0 Å². The number of carbonyl (C=O) groups excluding carboxylic acids is 3. The molecule has 1 aliphatic rings. The van der Waals surface area contributed by atoms with Crippen LogP contribution in [0, 0.1) is 0 Å². The quantitative estimate of drug-likeness (QED) is 0.403. The Balaban J connectivity index is 2.55. The molecule has 30 heavy (non-hydrogen) atoms. The second-order valence-electron chi connectivity index (χ2n) is 7.83. The molecule has 0 aliphatic carbocycles. The number of hydrogen-bond acceptors (Lipinski definition) is 8. The number of halogens is 1. The Morgan fingerprint density at radius 2 is 1.80 bits per heavy atom. The zero-order chi connectivity index (χ0) is 23.1. The number of hydrogen-bond donors (Lipinski definition) is 1. The molecular weight excluding hydrogens is 438 g/mol. The molecule has 0 spiro atoms. The lowest BCUT2D eigenvalue weighted by atomic mass is 9.90. The maximum Gasteiger partial charge on any atom is 0.435 e. The van der Waals surface area contributed by atoms with Crippen LogP contribution in [0.5, 0.6) is 0 Å². The lowest BCUT2D eigenvalue weighted by molar-refractivity contribution is -0.163. The fraction of sp³-hybridized carbons (Fsp3) is 0.444. The summed E-state index contributed by atoms with van der Waals surface area (Å²) in [5, 5.41) is 14.6. The van der Waals surface area contributed by atoms with Crippen molar-refractivity contribution in [3.05, 3.63) is 29.8 Å². The van der Waals surface area contributed by atoms with E-state index in [0.717, 1.165) is 11.3 Å². The first-order valence-electron chi connectivity index (χ1n) is 8.69. The second kappa shape index (κ2) is 7.97. The minimum absolute atomic E-state index is 0.0265. The lowest BCUT2D eigenvalue weighted by Crippen LogP contribution is -2.59. The molecule has 1 N–H and O–H groups in total. The predicted molar refractivity (Wildman–Crippen MR) is 107 cm³/mol. The van der Waals surface area contributed by atoms with Gasteiger partial charge >= 0.3 is 6.09 Å². The summed E-state index contributed by atoms with van der Waals surface area (Å²) in [6.45, 7) is 5.36. The number of hydroxylamine groups is 2. The van der Waals surface area contributed by atoms with Gasteiger partial charge in [-0.3, -0.25) is 14.8 Å². The maximum atomic E-state index is 13.0. The SMILES string of the molecule is CC(C)(C)OC(=O)N(O)C1(C)C(=O)N(CC(=O)Cl)N=C1c1ccc(S(C)(=O)=O)cc1. The molecule has 0 fully saturated rings. The highest BCUT2D eigenvalue weighted by molar-refractivity contribution is 7.90. The highest BCUT2D eigenvalue weighted by Crippen LogP contribution is 2.31. The highest BCUT2D eigenvalue weighted by Gasteiger charge is 2.55. The number of ether oxygens (including phenoxy) is 1. The van der Waals surface area contributed by atoms with Crippen LogP contribution in [0.1, 0.15) is 33.3 Å². The first kappa shape index (κ1) is 23.8. The molecule has 0 saturated carbocycles. The van der Waals surface area contributed by atoms with E-state index in [0.29, 0.717) is 0 Å². The van der Waals surface area contributed by atoms with E-state index in [1.54, 1.807) is 20.8 Å². The van der Waals surface area contributed by atoms with Gasteiger partial charge in [-0.05, 0) is 51.4 Å². The van der Waals surface area contributed by atoms with E-state index in [-0.39, 0.29) is 21.2 Å². The Labute approximate surface area is 178 Å². The highest BCUT2D eigenvalue weighted by atomic mass is 35.5. The van der Waals surface area contributed by atoms with Crippen LogP contribution >= 0.6 is 11.6 Å². The van der Waals surface area contributed by atoms with Gasteiger partial charge in [0.05, 0.1) is 4.90 Å². The summed E-state index contributed by atoms with van der Waals surface area (Å²) in [7, 11) is -3.47. The average Bonchev–Trinajstić information content (AvgIpc) is 2.84. The molecule has 0 bridgehead atoms.